The van der Waals surface area contributed by atoms with Gasteiger partial charge in [0.2, 0.25) is 0 Å². The predicted octanol–water partition coefficient (Wildman–Crippen LogP) is 2.44. The minimum absolute atomic E-state index is 0.617. The van der Waals surface area contributed by atoms with Gasteiger partial charge in [-0.2, -0.15) is 11.8 Å². The zero-order chi connectivity index (χ0) is 13.0. The molecule has 4 heteroatoms. The number of rotatable bonds is 4. The van der Waals surface area contributed by atoms with Gasteiger partial charge in [0.1, 0.15) is 0 Å². The van der Waals surface area contributed by atoms with Gasteiger partial charge < -0.3 is 10.2 Å². The van der Waals surface area contributed by atoms with Crippen molar-refractivity contribution in [2.24, 2.45) is 0 Å². The van der Waals surface area contributed by atoms with Crippen molar-refractivity contribution >= 4 is 17.4 Å². The molecule has 1 unspecified atom stereocenters. The SMILES string of the molecule is CCNCc1cnc(C)cc1N1CCSCC1C. The van der Waals surface area contributed by atoms with Gasteiger partial charge in [0, 0.05) is 53.8 Å². The Balaban J connectivity index is 2.25. The lowest BCUT2D eigenvalue weighted by molar-refractivity contribution is 0.678. The average molecular weight is 265 g/mol. The van der Waals surface area contributed by atoms with E-state index in [2.05, 4.69) is 53.8 Å². The van der Waals surface area contributed by atoms with Gasteiger partial charge >= 0.3 is 0 Å². The highest BCUT2D eigenvalue weighted by Gasteiger charge is 2.21. The second-order valence-corrected chi connectivity index (χ2v) is 6.00. The van der Waals surface area contributed by atoms with Gasteiger partial charge in [-0.1, -0.05) is 6.92 Å². The Bertz CT molecular complexity index is 395. The molecule has 0 radical (unpaired) electrons. The Morgan fingerprint density at radius 1 is 1.56 bits per heavy atom. The minimum Gasteiger partial charge on any atom is -0.367 e. The summed E-state index contributed by atoms with van der Waals surface area (Å²) >= 11 is 2.06. The molecule has 2 heterocycles. The van der Waals surface area contributed by atoms with Crippen LogP contribution in [0.3, 0.4) is 0 Å². The van der Waals surface area contributed by atoms with Gasteiger partial charge in [-0.3, -0.25) is 4.98 Å². The molecule has 1 aliphatic rings. The smallest absolute Gasteiger partial charge is 0.0448 e. The van der Waals surface area contributed by atoms with Crippen molar-refractivity contribution in [3.8, 4) is 0 Å². The molecule has 1 N–H and O–H groups in total. The fourth-order valence-corrected chi connectivity index (χ4v) is 3.34. The Labute approximate surface area is 114 Å². The summed E-state index contributed by atoms with van der Waals surface area (Å²) in [5.41, 5.74) is 3.80. The third kappa shape index (κ3) is 3.18. The first-order valence-corrected chi connectivity index (χ1v) is 7.88. The Morgan fingerprint density at radius 2 is 2.39 bits per heavy atom. The molecule has 1 fully saturated rings. The number of aryl methyl sites for hydroxylation is 1. The minimum atomic E-state index is 0.617. The zero-order valence-corrected chi connectivity index (χ0v) is 12.4. The number of nitrogens with one attached hydrogen (secondary N) is 1. The van der Waals surface area contributed by atoms with Crippen LogP contribution in [0.4, 0.5) is 5.69 Å². The molecule has 1 atom stereocenters. The van der Waals surface area contributed by atoms with E-state index in [9.17, 15) is 0 Å². The lowest BCUT2D eigenvalue weighted by Gasteiger charge is -2.36. The summed E-state index contributed by atoms with van der Waals surface area (Å²) < 4.78 is 0. The largest absolute Gasteiger partial charge is 0.367 e. The number of aromatic nitrogens is 1. The third-order valence-corrected chi connectivity index (χ3v) is 4.53. The number of thioether (sulfide) groups is 1. The Hall–Kier alpha value is -0.740. The molecule has 1 aliphatic heterocycles. The van der Waals surface area contributed by atoms with Crippen molar-refractivity contribution in [3.05, 3.63) is 23.5 Å². The summed E-state index contributed by atoms with van der Waals surface area (Å²) in [6, 6.07) is 2.85. The van der Waals surface area contributed by atoms with E-state index in [4.69, 9.17) is 0 Å². The first-order chi connectivity index (χ1) is 8.72. The zero-order valence-electron chi connectivity index (χ0n) is 11.6. The summed E-state index contributed by atoms with van der Waals surface area (Å²) in [6.45, 7) is 9.59. The van der Waals surface area contributed by atoms with E-state index in [-0.39, 0.29) is 0 Å². The van der Waals surface area contributed by atoms with E-state index in [0.29, 0.717) is 6.04 Å². The van der Waals surface area contributed by atoms with Crippen molar-refractivity contribution in [2.75, 3.05) is 29.5 Å². The van der Waals surface area contributed by atoms with E-state index in [1.165, 1.54) is 22.8 Å². The van der Waals surface area contributed by atoms with Crippen molar-refractivity contribution in [2.45, 2.75) is 33.4 Å². The van der Waals surface area contributed by atoms with Crippen LogP contribution in [0.15, 0.2) is 12.3 Å². The fourth-order valence-electron chi connectivity index (χ4n) is 2.32. The quantitative estimate of drug-likeness (QED) is 0.905. The number of anilines is 1. The standard InChI is InChI=1S/C14H23N3S/c1-4-15-8-13-9-16-11(2)7-14(13)17-5-6-18-10-12(17)3/h7,9,12,15H,4-6,8,10H2,1-3H3. The van der Waals surface area contributed by atoms with E-state index in [0.717, 1.165) is 25.3 Å². The van der Waals surface area contributed by atoms with E-state index >= 15 is 0 Å². The summed E-state index contributed by atoms with van der Waals surface area (Å²) in [4.78, 5) is 6.98. The van der Waals surface area contributed by atoms with Crippen LogP contribution in [0.5, 0.6) is 0 Å². The first-order valence-electron chi connectivity index (χ1n) is 6.73. The van der Waals surface area contributed by atoms with E-state index < -0.39 is 0 Å². The molecule has 0 saturated carbocycles. The number of hydrogen-bond donors (Lipinski definition) is 1. The molecule has 0 amide bonds. The van der Waals surface area contributed by atoms with Gasteiger partial charge in [-0.15, -0.1) is 0 Å². The highest BCUT2D eigenvalue weighted by Crippen LogP contribution is 2.27. The average Bonchev–Trinajstić information content (AvgIpc) is 2.38. The van der Waals surface area contributed by atoms with E-state index in [1.54, 1.807) is 0 Å². The van der Waals surface area contributed by atoms with Gasteiger partial charge in [0.05, 0.1) is 0 Å². The summed E-state index contributed by atoms with van der Waals surface area (Å²) in [6.07, 6.45) is 2.03. The molecule has 0 spiro atoms. The molecule has 100 valence electrons. The second-order valence-electron chi connectivity index (χ2n) is 4.85. The van der Waals surface area contributed by atoms with Gasteiger partial charge in [0.25, 0.3) is 0 Å². The number of hydrogen-bond acceptors (Lipinski definition) is 4. The highest BCUT2D eigenvalue weighted by atomic mass is 32.2. The monoisotopic (exact) mass is 265 g/mol. The summed E-state index contributed by atoms with van der Waals surface area (Å²) in [5, 5.41) is 3.41. The maximum absolute atomic E-state index is 4.44. The van der Waals surface area contributed by atoms with Gasteiger partial charge in [-0.05, 0) is 26.5 Å². The second kappa shape index (κ2) is 6.43. The Morgan fingerprint density at radius 3 is 3.11 bits per heavy atom. The van der Waals surface area contributed by atoms with Crippen molar-refractivity contribution in [1.29, 1.82) is 0 Å². The van der Waals surface area contributed by atoms with E-state index in [1.807, 2.05) is 6.20 Å². The van der Waals surface area contributed by atoms with Crippen LogP contribution in [0.25, 0.3) is 0 Å². The third-order valence-electron chi connectivity index (χ3n) is 3.34. The molecule has 3 nitrogen and oxygen atoms in total. The molecule has 2 rings (SSSR count). The number of nitrogens with zero attached hydrogens (tertiary/aromatic N) is 2. The van der Waals surface area contributed by atoms with Crippen LogP contribution >= 0.6 is 11.8 Å². The highest BCUT2D eigenvalue weighted by molar-refractivity contribution is 7.99. The number of pyridine rings is 1. The molecule has 0 aromatic carbocycles. The van der Waals surface area contributed by atoms with Gasteiger partial charge in [0.15, 0.2) is 0 Å². The molecular weight excluding hydrogens is 242 g/mol. The van der Waals surface area contributed by atoms with Gasteiger partial charge in [-0.25, -0.2) is 0 Å². The van der Waals surface area contributed by atoms with Crippen molar-refractivity contribution in [3.63, 3.8) is 0 Å². The van der Waals surface area contributed by atoms with Crippen LogP contribution in [-0.2, 0) is 6.54 Å². The Kier molecular flexibility index (Phi) is 4.89. The van der Waals surface area contributed by atoms with Crippen LogP contribution in [0.1, 0.15) is 25.1 Å². The molecule has 1 saturated heterocycles. The lowest BCUT2D eigenvalue weighted by Crippen LogP contribution is -2.41. The molecular formula is C14H23N3S. The van der Waals surface area contributed by atoms with Crippen LogP contribution in [-0.4, -0.2) is 35.6 Å². The van der Waals surface area contributed by atoms with Crippen molar-refractivity contribution < 1.29 is 0 Å². The van der Waals surface area contributed by atoms with Crippen LogP contribution in [0, 0.1) is 6.92 Å². The molecule has 18 heavy (non-hydrogen) atoms. The van der Waals surface area contributed by atoms with Crippen LogP contribution < -0.4 is 10.2 Å². The molecule has 0 aliphatic carbocycles. The maximum atomic E-state index is 4.44. The van der Waals surface area contributed by atoms with Crippen molar-refractivity contribution in [1.82, 2.24) is 10.3 Å². The lowest BCUT2D eigenvalue weighted by atomic mass is 10.1. The predicted molar refractivity (Wildman–Crippen MR) is 80.5 cm³/mol. The molecule has 0 bridgehead atoms. The topological polar surface area (TPSA) is 28.2 Å². The fraction of sp³-hybridized carbons (Fsp3) is 0.643. The molecule has 1 aromatic heterocycles. The molecule has 1 aromatic rings. The normalized spacial score (nSPS) is 20.2. The first kappa shape index (κ1) is 13.7. The summed E-state index contributed by atoms with van der Waals surface area (Å²) in [5.74, 6) is 2.45. The van der Waals surface area contributed by atoms with Crippen LogP contribution in [0.2, 0.25) is 0 Å². The summed E-state index contributed by atoms with van der Waals surface area (Å²) in [7, 11) is 0. The maximum Gasteiger partial charge on any atom is 0.0448 e.